The van der Waals surface area contributed by atoms with Gasteiger partial charge in [-0.15, -0.1) is 0 Å². The highest BCUT2D eigenvalue weighted by atomic mass is 79.9. The molecule has 1 aromatic rings. The molecule has 0 saturated carbocycles. The second-order valence-corrected chi connectivity index (χ2v) is 4.94. The lowest BCUT2D eigenvalue weighted by Gasteiger charge is -2.23. The largest absolute Gasteiger partial charge is 1.00 e. The molecule has 0 aliphatic heterocycles. The first kappa shape index (κ1) is 14.9. The van der Waals surface area contributed by atoms with Gasteiger partial charge in [-0.2, -0.15) is 0 Å². The molecule has 0 radical (unpaired) electrons. The predicted octanol–water partition coefficient (Wildman–Crippen LogP) is -0.686. The monoisotopic (exact) mass is 292 g/mol. The van der Waals surface area contributed by atoms with Crippen molar-refractivity contribution in [2.24, 2.45) is 0 Å². The van der Waals surface area contributed by atoms with Crippen molar-refractivity contribution in [2.45, 2.75) is 25.9 Å². The second kappa shape index (κ2) is 6.48. The molecule has 0 spiro atoms. The van der Waals surface area contributed by atoms with Crippen LogP contribution in [0.5, 0.6) is 0 Å². The van der Waals surface area contributed by atoms with E-state index in [1.54, 1.807) is 0 Å². The fourth-order valence-corrected chi connectivity index (χ4v) is 1.26. The first-order valence-electron chi connectivity index (χ1n) is 4.64. The van der Waals surface area contributed by atoms with Crippen LogP contribution in [0, 0.1) is 0 Å². The van der Waals surface area contributed by atoms with Gasteiger partial charge in [0.05, 0.1) is 6.61 Å². The maximum Gasteiger partial charge on any atom is 0.0607 e. The SMILES string of the molecule is CC(C)(CO)NCc1ccc(Br)cc1.[Cl-]. The minimum Gasteiger partial charge on any atom is -1.00 e. The van der Waals surface area contributed by atoms with Gasteiger partial charge in [0.25, 0.3) is 0 Å². The summed E-state index contributed by atoms with van der Waals surface area (Å²) in [5, 5.41) is 12.3. The van der Waals surface area contributed by atoms with Crippen molar-refractivity contribution < 1.29 is 17.5 Å². The molecule has 15 heavy (non-hydrogen) atoms. The van der Waals surface area contributed by atoms with Crippen molar-refractivity contribution in [2.75, 3.05) is 6.61 Å². The van der Waals surface area contributed by atoms with Crippen molar-refractivity contribution in [1.82, 2.24) is 5.32 Å². The summed E-state index contributed by atoms with van der Waals surface area (Å²) in [6.45, 7) is 4.88. The average Bonchev–Trinajstić information content (AvgIpc) is 2.17. The van der Waals surface area contributed by atoms with E-state index in [0.717, 1.165) is 11.0 Å². The van der Waals surface area contributed by atoms with Crippen LogP contribution in [0.15, 0.2) is 28.7 Å². The average molecular weight is 294 g/mol. The number of hydrogen-bond acceptors (Lipinski definition) is 2. The van der Waals surface area contributed by atoms with E-state index in [-0.39, 0.29) is 24.6 Å². The third kappa shape index (κ3) is 5.52. The number of rotatable bonds is 4. The molecule has 1 aromatic carbocycles. The summed E-state index contributed by atoms with van der Waals surface area (Å²) >= 11 is 3.39. The Balaban J connectivity index is 0.00000196. The van der Waals surface area contributed by atoms with E-state index in [1.165, 1.54) is 5.56 Å². The number of nitrogens with one attached hydrogen (secondary N) is 1. The molecule has 0 aromatic heterocycles. The Hall–Kier alpha value is -0.0900. The topological polar surface area (TPSA) is 32.3 Å². The minimum atomic E-state index is -0.215. The van der Waals surface area contributed by atoms with Gasteiger partial charge in [0.2, 0.25) is 0 Å². The van der Waals surface area contributed by atoms with Crippen molar-refractivity contribution in [3.05, 3.63) is 34.3 Å². The van der Waals surface area contributed by atoms with Crippen LogP contribution >= 0.6 is 15.9 Å². The summed E-state index contributed by atoms with van der Waals surface area (Å²) in [6.07, 6.45) is 0. The zero-order chi connectivity index (χ0) is 10.6. The number of aliphatic hydroxyl groups is 1. The molecule has 1 rings (SSSR count). The Morgan fingerprint density at radius 1 is 1.27 bits per heavy atom. The molecular weight excluding hydrogens is 277 g/mol. The van der Waals surface area contributed by atoms with Crippen molar-refractivity contribution in [1.29, 1.82) is 0 Å². The second-order valence-electron chi connectivity index (χ2n) is 4.02. The fourth-order valence-electron chi connectivity index (χ4n) is 0.999. The third-order valence-electron chi connectivity index (χ3n) is 2.08. The molecule has 86 valence electrons. The van der Waals surface area contributed by atoms with E-state index in [1.807, 2.05) is 26.0 Å². The summed E-state index contributed by atoms with van der Waals surface area (Å²) in [6, 6.07) is 8.15. The van der Waals surface area contributed by atoms with Gasteiger partial charge >= 0.3 is 0 Å². The molecule has 0 saturated heterocycles. The van der Waals surface area contributed by atoms with E-state index >= 15 is 0 Å². The first-order valence-corrected chi connectivity index (χ1v) is 5.43. The maximum absolute atomic E-state index is 9.05. The Morgan fingerprint density at radius 2 is 1.80 bits per heavy atom. The Morgan fingerprint density at radius 3 is 2.27 bits per heavy atom. The van der Waals surface area contributed by atoms with Crippen LogP contribution in [0.1, 0.15) is 19.4 Å². The molecule has 0 aliphatic carbocycles. The first-order chi connectivity index (χ1) is 6.53. The van der Waals surface area contributed by atoms with E-state index in [0.29, 0.717) is 0 Å². The summed E-state index contributed by atoms with van der Waals surface area (Å²) < 4.78 is 1.09. The quantitative estimate of drug-likeness (QED) is 0.771. The molecule has 0 unspecified atom stereocenters. The van der Waals surface area contributed by atoms with E-state index < -0.39 is 0 Å². The van der Waals surface area contributed by atoms with Gasteiger partial charge < -0.3 is 22.8 Å². The van der Waals surface area contributed by atoms with Gasteiger partial charge in [-0.3, -0.25) is 0 Å². The molecule has 0 aliphatic rings. The molecule has 2 N–H and O–H groups in total. The minimum absolute atomic E-state index is 0. The van der Waals surface area contributed by atoms with E-state index in [4.69, 9.17) is 5.11 Å². The van der Waals surface area contributed by atoms with Gasteiger partial charge in [0, 0.05) is 16.6 Å². The smallest absolute Gasteiger partial charge is 0.0607 e. The van der Waals surface area contributed by atoms with E-state index in [9.17, 15) is 0 Å². The summed E-state index contributed by atoms with van der Waals surface area (Å²) in [5.41, 5.74) is 1.00. The van der Waals surface area contributed by atoms with Gasteiger partial charge in [-0.25, -0.2) is 0 Å². The zero-order valence-electron chi connectivity index (χ0n) is 8.93. The van der Waals surface area contributed by atoms with Crippen molar-refractivity contribution in [3.8, 4) is 0 Å². The number of benzene rings is 1. The van der Waals surface area contributed by atoms with Crippen LogP contribution < -0.4 is 17.7 Å². The fraction of sp³-hybridized carbons (Fsp3) is 0.455. The van der Waals surface area contributed by atoms with Crippen LogP contribution in [0.3, 0.4) is 0 Å². The highest BCUT2D eigenvalue weighted by Gasteiger charge is 2.14. The van der Waals surface area contributed by atoms with Crippen LogP contribution in [-0.2, 0) is 6.54 Å². The van der Waals surface area contributed by atoms with Crippen molar-refractivity contribution in [3.63, 3.8) is 0 Å². The Kier molecular flexibility index (Phi) is 6.44. The van der Waals surface area contributed by atoms with Gasteiger partial charge in [0.1, 0.15) is 0 Å². The summed E-state index contributed by atoms with van der Waals surface area (Å²) in [7, 11) is 0. The number of halogens is 2. The molecule has 0 heterocycles. The van der Waals surface area contributed by atoms with Gasteiger partial charge in [0.15, 0.2) is 0 Å². The zero-order valence-corrected chi connectivity index (χ0v) is 11.3. The lowest BCUT2D eigenvalue weighted by Crippen LogP contribution is -3.00. The summed E-state index contributed by atoms with van der Waals surface area (Å²) in [5.74, 6) is 0. The van der Waals surface area contributed by atoms with Crippen molar-refractivity contribution >= 4 is 15.9 Å². The molecule has 2 nitrogen and oxygen atoms in total. The highest BCUT2D eigenvalue weighted by Crippen LogP contribution is 2.11. The number of hydrogen-bond donors (Lipinski definition) is 2. The predicted molar refractivity (Wildman–Crippen MR) is 62.1 cm³/mol. The molecule has 0 bridgehead atoms. The molecule has 0 atom stereocenters. The van der Waals surface area contributed by atoms with Crippen LogP contribution in [-0.4, -0.2) is 17.3 Å². The lowest BCUT2D eigenvalue weighted by atomic mass is 10.1. The maximum atomic E-state index is 9.05. The van der Waals surface area contributed by atoms with Gasteiger partial charge in [-0.1, -0.05) is 28.1 Å². The number of aliphatic hydroxyl groups excluding tert-OH is 1. The molecule has 0 amide bonds. The van der Waals surface area contributed by atoms with Crippen LogP contribution in [0.4, 0.5) is 0 Å². The van der Waals surface area contributed by atoms with E-state index in [2.05, 4.69) is 33.4 Å². The molecular formula is C11H16BrClNO-. The highest BCUT2D eigenvalue weighted by molar-refractivity contribution is 9.10. The third-order valence-corrected chi connectivity index (χ3v) is 2.61. The normalized spacial score (nSPS) is 10.9. The van der Waals surface area contributed by atoms with Crippen LogP contribution in [0.2, 0.25) is 0 Å². The Labute approximate surface area is 106 Å². The Bertz CT molecular complexity index is 287. The lowest BCUT2D eigenvalue weighted by molar-refractivity contribution is -0.00000384. The van der Waals surface area contributed by atoms with Gasteiger partial charge in [-0.05, 0) is 31.5 Å². The molecule has 0 fully saturated rings. The molecule has 4 heteroatoms. The standard InChI is InChI=1S/C11H16BrNO.ClH/c1-11(2,8-14)13-7-9-3-5-10(12)6-4-9;/h3-6,13-14H,7-8H2,1-2H3;1H/p-1. The van der Waals surface area contributed by atoms with Crippen LogP contribution in [0.25, 0.3) is 0 Å². The summed E-state index contributed by atoms with van der Waals surface area (Å²) in [4.78, 5) is 0.